The van der Waals surface area contributed by atoms with Gasteiger partial charge >= 0.3 is 5.97 Å². The maximum atomic E-state index is 13.3. The molecule has 0 spiro atoms. The SMILES string of the molecule is CC1(C)OC(=O)c2ccc(Nc3ncc(-c4nnc(CCNCCOCCOCCNc5cccc6c5C(=O)N(C5CCC(=O)NC5=O)C6=O)o4)c(N[C@H](CO)c4ccccc4)n3)cc21. The molecule has 4 amide bonds. The minimum atomic E-state index is -1.03. The van der Waals surface area contributed by atoms with Crippen molar-refractivity contribution >= 4 is 52.7 Å². The van der Waals surface area contributed by atoms with Crippen LogP contribution in [0.1, 0.15) is 80.8 Å². The molecule has 65 heavy (non-hydrogen) atoms. The van der Waals surface area contributed by atoms with Gasteiger partial charge in [-0.25, -0.2) is 9.78 Å². The van der Waals surface area contributed by atoms with Crippen LogP contribution in [-0.4, -0.2) is 118 Å². The fourth-order valence-corrected chi connectivity index (χ4v) is 7.73. The zero-order valence-electron chi connectivity index (χ0n) is 35.7. The van der Waals surface area contributed by atoms with Crippen molar-refractivity contribution in [1.29, 1.82) is 0 Å². The van der Waals surface area contributed by atoms with E-state index in [0.29, 0.717) is 86.7 Å². The van der Waals surface area contributed by atoms with Crippen LogP contribution in [0.5, 0.6) is 0 Å². The molecule has 1 fully saturated rings. The number of rotatable bonds is 21. The molecule has 5 heterocycles. The number of carbonyl (C=O) groups is 5. The van der Waals surface area contributed by atoms with Gasteiger partial charge in [-0.05, 0) is 56.2 Å². The smallest absolute Gasteiger partial charge is 0.339 e. The summed E-state index contributed by atoms with van der Waals surface area (Å²) < 4.78 is 22.9. The van der Waals surface area contributed by atoms with Crippen molar-refractivity contribution in [1.82, 2.24) is 35.7 Å². The van der Waals surface area contributed by atoms with E-state index in [1.807, 2.05) is 50.2 Å². The molecule has 3 aromatic carbocycles. The number of hydrogen-bond donors (Lipinski definition) is 6. The van der Waals surface area contributed by atoms with E-state index in [-0.39, 0.29) is 48.4 Å². The summed E-state index contributed by atoms with van der Waals surface area (Å²) in [5, 5.41) is 34.0. The molecule has 8 rings (SSSR count). The first-order valence-corrected chi connectivity index (χ1v) is 21.2. The summed E-state index contributed by atoms with van der Waals surface area (Å²) in [5.74, 6) is -1.40. The molecule has 5 aromatic rings. The number of ether oxygens (including phenoxy) is 3. The molecule has 20 heteroatoms. The van der Waals surface area contributed by atoms with Gasteiger partial charge < -0.3 is 45.0 Å². The minimum absolute atomic E-state index is 0.0495. The fourth-order valence-electron chi connectivity index (χ4n) is 7.73. The van der Waals surface area contributed by atoms with Crippen LogP contribution in [0.4, 0.5) is 23.1 Å². The van der Waals surface area contributed by atoms with Crippen molar-refractivity contribution in [2.75, 3.05) is 68.6 Å². The van der Waals surface area contributed by atoms with E-state index in [2.05, 4.69) is 41.8 Å². The van der Waals surface area contributed by atoms with Crippen LogP contribution in [0, 0.1) is 0 Å². The molecule has 0 aliphatic carbocycles. The topological polar surface area (TPSA) is 261 Å². The molecule has 2 atom stereocenters. The number of benzene rings is 3. The van der Waals surface area contributed by atoms with Gasteiger partial charge in [0.25, 0.3) is 17.7 Å². The second-order valence-electron chi connectivity index (χ2n) is 15.9. The predicted octanol–water partition coefficient (Wildman–Crippen LogP) is 3.50. The van der Waals surface area contributed by atoms with Crippen molar-refractivity contribution in [3.8, 4) is 11.5 Å². The number of fused-ring (bicyclic) bond motifs is 2. The van der Waals surface area contributed by atoms with E-state index >= 15 is 0 Å². The largest absolute Gasteiger partial charge is 0.451 e. The Morgan fingerprint density at radius 3 is 2.48 bits per heavy atom. The number of amides is 4. The number of anilines is 4. The molecule has 20 nitrogen and oxygen atoms in total. The lowest BCUT2D eigenvalue weighted by Gasteiger charge is -2.27. The van der Waals surface area contributed by atoms with E-state index in [0.717, 1.165) is 16.0 Å². The summed E-state index contributed by atoms with van der Waals surface area (Å²) >= 11 is 0. The van der Waals surface area contributed by atoms with Crippen LogP contribution >= 0.6 is 0 Å². The molecule has 1 unspecified atom stereocenters. The molecule has 338 valence electrons. The van der Waals surface area contributed by atoms with Crippen molar-refractivity contribution in [2.24, 2.45) is 0 Å². The molecule has 0 bridgehead atoms. The molecule has 1 saturated heterocycles. The molecule has 2 aromatic heterocycles. The highest BCUT2D eigenvalue weighted by atomic mass is 16.6. The number of carbonyl (C=O) groups excluding carboxylic acids is 5. The van der Waals surface area contributed by atoms with Crippen molar-refractivity contribution < 1.29 is 47.7 Å². The Morgan fingerprint density at radius 1 is 0.892 bits per heavy atom. The number of esters is 1. The molecule has 0 saturated carbocycles. The Labute approximate surface area is 372 Å². The molecular formula is C45H48N10O10. The van der Waals surface area contributed by atoms with E-state index in [4.69, 9.17) is 23.6 Å². The molecule has 0 radical (unpaired) electrons. The Kier molecular flexibility index (Phi) is 13.5. The molecular weight excluding hydrogens is 841 g/mol. The second-order valence-corrected chi connectivity index (χ2v) is 15.9. The number of imide groups is 2. The summed E-state index contributed by atoms with van der Waals surface area (Å²) in [5.41, 5.74) is 3.27. The number of aliphatic hydroxyl groups excluding tert-OH is 1. The van der Waals surface area contributed by atoms with Gasteiger partial charge in [0.15, 0.2) is 0 Å². The van der Waals surface area contributed by atoms with E-state index < -0.39 is 41.3 Å². The van der Waals surface area contributed by atoms with Crippen LogP contribution in [0.3, 0.4) is 0 Å². The monoisotopic (exact) mass is 888 g/mol. The third kappa shape index (κ3) is 10.00. The average molecular weight is 889 g/mol. The van der Waals surface area contributed by atoms with E-state index in [1.54, 1.807) is 36.5 Å². The van der Waals surface area contributed by atoms with Crippen LogP contribution in [0.2, 0.25) is 0 Å². The van der Waals surface area contributed by atoms with E-state index in [9.17, 15) is 29.1 Å². The Bertz CT molecular complexity index is 2590. The molecule has 3 aliphatic heterocycles. The van der Waals surface area contributed by atoms with Gasteiger partial charge in [0.2, 0.25) is 23.7 Å². The molecule has 3 aliphatic rings. The maximum absolute atomic E-state index is 13.3. The number of nitrogens with zero attached hydrogens (tertiary/aromatic N) is 5. The second kappa shape index (κ2) is 19.7. The zero-order valence-corrected chi connectivity index (χ0v) is 35.7. The minimum Gasteiger partial charge on any atom is -0.451 e. The summed E-state index contributed by atoms with van der Waals surface area (Å²) in [6.07, 6.45) is 2.14. The van der Waals surface area contributed by atoms with Gasteiger partial charge in [0, 0.05) is 55.6 Å². The van der Waals surface area contributed by atoms with Gasteiger partial charge in [-0.15, -0.1) is 10.2 Å². The van der Waals surface area contributed by atoms with Crippen molar-refractivity contribution in [2.45, 2.75) is 50.8 Å². The zero-order chi connectivity index (χ0) is 45.5. The lowest BCUT2D eigenvalue weighted by atomic mass is 9.95. The summed E-state index contributed by atoms with van der Waals surface area (Å²) in [6, 6.07) is 18.1. The van der Waals surface area contributed by atoms with Crippen LogP contribution in [0.25, 0.3) is 11.5 Å². The highest BCUT2D eigenvalue weighted by molar-refractivity contribution is 6.25. The number of nitrogens with one attached hydrogen (secondary N) is 5. The van der Waals surface area contributed by atoms with Gasteiger partial charge in [0.05, 0.1) is 61.3 Å². The number of hydrogen-bond acceptors (Lipinski definition) is 18. The number of aliphatic hydroxyl groups is 1. The highest BCUT2D eigenvalue weighted by Gasteiger charge is 2.45. The summed E-state index contributed by atoms with van der Waals surface area (Å²) in [4.78, 5) is 72.8. The quantitative estimate of drug-likeness (QED) is 0.0350. The first kappa shape index (κ1) is 44.5. The Balaban J connectivity index is 0.775. The van der Waals surface area contributed by atoms with E-state index in [1.165, 1.54) is 0 Å². The lowest BCUT2D eigenvalue weighted by Crippen LogP contribution is -2.54. The van der Waals surface area contributed by atoms with Crippen LogP contribution in [-0.2, 0) is 35.8 Å². The van der Waals surface area contributed by atoms with Crippen LogP contribution < -0.4 is 26.6 Å². The third-order valence-electron chi connectivity index (χ3n) is 11.0. The predicted molar refractivity (Wildman–Crippen MR) is 233 cm³/mol. The lowest BCUT2D eigenvalue weighted by molar-refractivity contribution is -0.136. The third-order valence-corrected chi connectivity index (χ3v) is 11.0. The van der Waals surface area contributed by atoms with Crippen molar-refractivity contribution in [3.05, 3.63) is 107 Å². The highest BCUT2D eigenvalue weighted by Crippen LogP contribution is 2.38. The fraction of sp³-hybridized carbons (Fsp3) is 0.356. The Hall–Kier alpha value is -7.13. The maximum Gasteiger partial charge on any atom is 0.339 e. The summed E-state index contributed by atoms with van der Waals surface area (Å²) in [6.45, 7) is 6.34. The first-order chi connectivity index (χ1) is 31.5. The van der Waals surface area contributed by atoms with Crippen molar-refractivity contribution in [3.63, 3.8) is 0 Å². The Morgan fingerprint density at radius 2 is 1.69 bits per heavy atom. The van der Waals surface area contributed by atoms with Crippen LogP contribution in [0.15, 0.2) is 77.3 Å². The van der Waals surface area contributed by atoms with Gasteiger partial charge in [-0.3, -0.25) is 29.4 Å². The number of aromatic nitrogens is 4. The van der Waals surface area contributed by atoms with Gasteiger partial charge in [-0.2, -0.15) is 4.98 Å². The molecule has 6 N–H and O–H groups in total. The number of cyclic esters (lactones) is 1. The summed E-state index contributed by atoms with van der Waals surface area (Å²) in [7, 11) is 0. The first-order valence-electron chi connectivity index (χ1n) is 21.2. The number of piperidine rings is 1. The van der Waals surface area contributed by atoms with Gasteiger partial charge in [-0.1, -0.05) is 36.4 Å². The normalized spacial score (nSPS) is 16.8. The average Bonchev–Trinajstić information content (AvgIpc) is 3.94. The van der Waals surface area contributed by atoms with Gasteiger partial charge in [0.1, 0.15) is 17.5 Å². The standard InChI is InChI=1S/C45H48N10O10/c1-45(2)31-23-27(11-12-28(31)43(61)65-45)49-44-48-24-30(38(52-44)50-33(25-56)26-7-4-3-5-8-26)40-54-53-36(64-40)15-16-46-17-19-62-21-22-63-20-18-47-32-10-6-9-29-37(32)42(60)55(41(29)59)34-13-14-35(57)51-39(34)58/h3-12,23-24,33-34,46-47,56H,13-22,25H2,1-2H3,(H,51,57,58)(H2,48,49,50,52)/t33-,34?/m1/s1.